The standard InChI is InChI=1S/C27H37ClN2O4/c1-6-23(27(32)29-19(4)5)30(18-21-11-9-10-12-22(21)28)26(31)16-14-20-13-15-24(33-7-2)25(17-20)34-8-3/h9-13,15,17,19,23H,6-8,14,16,18H2,1-5H3,(H,29,32). The van der Waals surface area contributed by atoms with Crippen LogP contribution in [0.4, 0.5) is 0 Å². The van der Waals surface area contributed by atoms with Crippen LogP contribution in [0.3, 0.4) is 0 Å². The van der Waals surface area contributed by atoms with Gasteiger partial charge in [0.05, 0.1) is 13.2 Å². The number of hydrogen-bond donors (Lipinski definition) is 1. The molecule has 2 aromatic rings. The Hall–Kier alpha value is -2.73. The normalized spacial score (nSPS) is 11.7. The number of nitrogens with one attached hydrogen (secondary N) is 1. The molecule has 2 aromatic carbocycles. The Balaban J connectivity index is 2.24. The molecule has 0 radical (unpaired) electrons. The highest BCUT2D eigenvalue weighted by molar-refractivity contribution is 6.31. The highest BCUT2D eigenvalue weighted by Gasteiger charge is 2.29. The lowest BCUT2D eigenvalue weighted by molar-refractivity contribution is -0.141. The molecule has 0 aliphatic carbocycles. The van der Waals surface area contributed by atoms with Crippen molar-refractivity contribution in [2.75, 3.05) is 13.2 Å². The van der Waals surface area contributed by atoms with Crippen molar-refractivity contribution in [3.63, 3.8) is 0 Å². The third-order valence-corrected chi connectivity index (χ3v) is 5.72. The second-order valence-electron chi connectivity index (χ2n) is 8.35. The van der Waals surface area contributed by atoms with Crippen LogP contribution >= 0.6 is 11.6 Å². The van der Waals surface area contributed by atoms with Gasteiger partial charge >= 0.3 is 0 Å². The maximum atomic E-state index is 13.4. The summed E-state index contributed by atoms with van der Waals surface area (Å²) in [7, 11) is 0. The average molecular weight is 489 g/mol. The van der Waals surface area contributed by atoms with Crippen LogP contribution in [-0.2, 0) is 22.6 Å². The van der Waals surface area contributed by atoms with Crippen LogP contribution in [0.5, 0.6) is 11.5 Å². The fraction of sp³-hybridized carbons (Fsp3) is 0.481. The molecule has 0 bridgehead atoms. The Morgan fingerprint density at radius 2 is 1.68 bits per heavy atom. The fourth-order valence-electron chi connectivity index (χ4n) is 3.76. The molecular weight excluding hydrogens is 452 g/mol. The number of rotatable bonds is 13. The molecule has 34 heavy (non-hydrogen) atoms. The van der Waals surface area contributed by atoms with Crippen LogP contribution in [0.15, 0.2) is 42.5 Å². The second kappa shape index (κ2) is 13.9. The molecule has 0 aliphatic rings. The molecule has 0 saturated heterocycles. The van der Waals surface area contributed by atoms with Gasteiger partial charge in [0.15, 0.2) is 11.5 Å². The molecule has 1 unspecified atom stereocenters. The summed E-state index contributed by atoms with van der Waals surface area (Å²) in [6, 6.07) is 12.6. The van der Waals surface area contributed by atoms with E-state index in [0.29, 0.717) is 42.6 Å². The van der Waals surface area contributed by atoms with Gasteiger partial charge in [-0.25, -0.2) is 0 Å². The van der Waals surface area contributed by atoms with E-state index < -0.39 is 6.04 Å². The van der Waals surface area contributed by atoms with Gasteiger partial charge in [0.1, 0.15) is 6.04 Å². The van der Waals surface area contributed by atoms with E-state index in [2.05, 4.69) is 5.32 Å². The molecule has 1 atom stereocenters. The first-order valence-corrected chi connectivity index (χ1v) is 12.4. The van der Waals surface area contributed by atoms with E-state index in [1.165, 1.54) is 0 Å². The average Bonchev–Trinajstić information content (AvgIpc) is 2.80. The van der Waals surface area contributed by atoms with E-state index in [1.807, 2.05) is 71.0 Å². The molecule has 0 fully saturated rings. The number of nitrogens with zero attached hydrogens (tertiary/aromatic N) is 1. The zero-order chi connectivity index (χ0) is 25.1. The van der Waals surface area contributed by atoms with Crippen LogP contribution in [0.1, 0.15) is 58.6 Å². The minimum Gasteiger partial charge on any atom is -0.490 e. The summed E-state index contributed by atoms with van der Waals surface area (Å²) in [5.41, 5.74) is 1.78. The van der Waals surface area contributed by atoms with Gasteiger partial charge < -0.3 is 19.7 Å². The van der Waals surface area contributed by atoms with Crippen LogP contribution in [0.25, 0.3) is 0 Å². The molecule has 186 valence electrons. The van der Waals surface area contributed by atoms with Crippen molar-refractivity contribution in [2.45, 2.75) is 72.5 Å². The zero-order valence-electron chi connectivity index (χ0n) is 20.9. The van der Waals surface area contributed by atoms with Crippen molar-refractivity contribution in [2.24, 2.45) is 0 Å². The summed E-state index contributed by atoms with van der Waals surface area (Å²) in [5.74, 6) is 1.11. The highest BCUT2D eigenvalue weighted by Crippen LogP contribution is 2.29. The molecule has 6 nitrogen and oxygen atoms in total. The number of amides is 2. The van der Waals surface area contributed by atoms with Crippen molar-refractivity contribution in [1.29, 1.82) is 0 Å². The van der Waals surface area contributed by atoms with E-state index in [4.69, 9.17) is 21.1 Å². The Kier molecular flexibility index (Phi) is 11.2. The van der Waals surface area contributed by atoms with Gasteiger partial charge in [-0.05, 0) is 69.9 Å². The minimum absolute atomic E-state index is 0.0142. The number of halogens is 1. The quantitative estimate of drug-likeness (QED) is 0.409. The third kappa shape index (κ3) is 7.94. The third-order valence-electron chi connectivity index (χ3n) is 5.35. The number of aryl methyl sites for hydroxylation is 1. The van der Waals surface area contributed by atoms with Crippen molar-refractivity contribution < 1.29 is 19.1 Å². The van der Waals surface area contributed by atoms with E-state index in [-0.39, 0.29) is 30.8 Å². The Bertz CT molecular complexity index is 948. The Morgan fingerprint density at radius 3 is 2.29 bits per heavy atom. The Labute approximate surface area is 208 Å². The Morgan fingerprint density at radius 1 is 1.00 bits per heavy atom. The lowest BCUT2D eigenvalue weighted by atomic mass is 10.1. The number of carbonyl (C=O) groups is 2. The predicted octanol–water partition coefficient (Wildman–Crippen LogP) is 5.40. The molecule has 2 rings (SSSR count). The highest BCUT2D eigenvalue weighted by atomic mass is 35.5. The first-order valence-electron chi connectivity index (χ1n) is 12.0. The second-order valence-corrected chi connectivity index (χ2v) is 8.75. The lowest BCUT2D eigenvalue weighted by Crippen LogP contribution is -2.50. The number of benzene rings is 2. The molecule has 0 aromatic heterocycles. The molecule has 2 amide bonds. The predicted molar refractivity (Wildman–Crippen MR) is 136 cm³/mol. The number of hydrogen-bond acceptors (Lipinski definition) is 4. The van der Waals surface area contributed by atoms with Crippen LogP contribution < -0.4 is 14.8 Å². The van der Waals surface area contributed by atoms with Gasteiger partial charge in [-0.15, -0.1) is 0 Å². The largest absolute Gasteiger partial charge is 0.490 e. The summed E-state index contributed by atoms with van der Waals surface area (Å²) in [4.78, 5) is 28.0. The summed E-state index contributed by atoms with van der Waals surface area (Å²) >= 11 is 6.38. The van der Waals surface area contributed by atoms with Crippen LogP contribution in [0, 0.1) is 0 Å². The first kappa shape index (κ1) is 27.5. The molecule has 0 heterocycles. The van der Waals surface area contributed by atoms with Gasteiger partial charge in [0.2, 0.25) is 11.8 Å². The number of carbonyl (C=O) groups excluding carboxylic acids is 2. The molecule has 1 N–H and O–H groups in total. The molecule has 0 saturated carbocycles. The van der Waals surface area contributed by atoms with E-state index in [1.54, 1.807) is 11.0 Å². The van der Waals surface area contributed by atoms with Gasteiger partial charge in [-0.3, -0.25) is 9.59 Å². The summed E-state index contributed by atoms with van der Waals surface area (Å²) in [5, 5.41) is 3.52. The molecule has 7 heteroatoms. The topological polar surface area (TPSA) is 67.9 Å². The lowest BCUT2D eigenvalue weighted by Gasteiger charge is -2.31. The minimum atomic E-state index is -0.578. The van der Waals surface area contributed by atoms with Crippen LogP contribution in [0.2, 0.25) is 5.02 Å². The van der Waals surface area contributed by atoms with Gasteiger partial charge in [-0.1, -0.05) is 42.8 Å². The van der Waals surface area contributed by atoms with Crippen molar-refractivity contribution in [1.82, 2.24) is 10.2 Å². The smallest absolute Gasteiger partial charge is 0.243 e. The van der Waals surface area contributed by atoms with Gasteiger partial charge in [-0.2, -0.15) is 0 Å². The summed E-state index contributed by atoms with van der Waals surface area (Å²) in [6.45, 7) is 10.9. The zero-order valence-corrected chi connectivity index (χ0v) is 21.7. The maximum Gasteiger partial charge on any atom is 0.243 e. The van der Waals surface area contributed by atoms with Crippen molar-refractivity contribution in [3.8, 4) is 11.5 Å². The molecular formula is C27H37ClN2O4. The summed E-state index contributed by atoms with van der Waals surface area (Å²) < 4.78 is 11.3. The molecule has 0 spiro atoms. The van der Waals surface area contributed by atoms with Crippen LogP contribution in [-0.4, -0.2) is 42.0 Å². The van der Waals surface area contributed by atoms with Gasteiger partial charge in [0, 0.05) is 24.0 Å². The summed E-state index contributed by atoms with van der Waals surface area (Å²) in [6.07, 6.45) is 1.29. The first-order chi connectivity index (χ1) is 16.3. The van der Waals surface area contributed by atoms with E-state index >= 15 is 0 Å². The van der Waals surface area contributed by atoms with Crippen molar-refractivity contribution in [3.05, 3.63) is 58.6 Å². The maximum absolute atomic E-state index is 13.4. The fourth-order valence-corrected chi connectivity index (χ4v) is 3.95. The van der Waals surface area contributed by atoms with Gasteiger partial charge in [0.25, 0.3) is 0 Å². The monoisotopic (exact) mass is 488 g/mol. The van der Waals surface area contributed by atoms with Crippen molar-refractivity contribution >= 4 is 23.4 Å². The number of ether oxygens (including phenoxy) is 2. The SMILES string of the molecule is CCOc1ccc(CCC(=O)N(Cc2ccccc2Cl)C(CC)C(=O)NC(C)C)cc1OCC. The van der Waals surface area contributed by atoms with E-state index in [0.717, 1.165) is 11.1 Å². The molecule has 0 aliphatic heterocycles. The van der Waals surface area contributed by atoms with E-state index in [9.17, 15) is 9.59 Å².